The van der Waals surface area contributed by atoms with E-state index in [1.807, 2.05) is 19.1 Å². The third-order valence-corrected chi connectivity index (χ3v) is 1.64. The topological polar surface area (TPSA) is 46.2 Å². The number of aliphatic hydroxyl groups excluding tert-OH is 1. The minimum absolute atomic E-state index is 0.0196. The molecule has 0 saturated heterocycles. The minimum atomic E-state index is 0.0196. The zero-order valence-corrected chi connectivity index (χ0v) is 6.46. The van der Waals surface area contributed by atoms with E-state index in [-0.39, 0.29) is 5.76 Å². The van der Waals surface area contributed by atoms with E-state index in [2.05, 4.69) is 6.58 Å². The smallest absolute Gasteiger partial charge is 0.117 e. The molecule has 1 aromatic rings. The van der Waals surface area contributed by atoms with Crippen LogP contribution in [0.15, 0.2) is 24.8 Å². The van der Waals surface area contributed by atoms with Gasteiger partial charge in [-0.05, 0) is 18.6 Å². The van der Waals surface area contributed by atoms with Gasteiger partial charge >= 0.3 is 0 Å². The average molecular weight is 149 g/mol. The highest BCUT2D eigenvalue weighted by Crippen LogP contribution is 2.20. The third-order valence-electron chi connectivity index (χ3n) is 1.64. The Morgan fingerprint density at radius 1 is 1.55 bits per heavy atom. The highest BCUT2D eigenvalue weighted by atomic mass is 16.3. The van der Waals surface area contributed by atoms with E-state index in [0.717, 1.165) is 5.56 Å². The van der Waals surface area contributed by atoms with Crippen molar-refractivity contribution in [3.8, 4) is 0 Å². The van der Waals surface area contributed by atoms with Gasteiger partial charge in [-0.2, -0.15) is 0 Å². The fraction of sp³-hybridized carbons (Fsp3) is 0.111. The summed E-state index contributed by atoms with van der Waals surface area (Å²) in [5.74, 6) is 0.0196. The summed E-state index contributed by atoms with van der Waals surface area (Å²) in [6, 6.07) is 5.47. The SMILES string of the molecule is C=C(O)c1cccc(C)c1N. The summed E-state index contributed by atoms with van der Waals surface area (Å²) in [4.78, 5) is 0. The van der Waals surface area contributed by atoms with Crippen LogP contribution in [0.2, 0.25) is 0 Å². The third kappa shape index (κ3) is 1.34. The van der Waals surface area contributed by atoms with E-state index in [1.165, 1.54) is 0 Å². The Labute approximate surface area is 66.0 Å². The van der Waals surface area contributed by atoms with Gasteiger partial charge in [0.2, 0.25) is 0 Å². The number of para-hydroxylation sites is 1. The zero-order valence-electron chi connectivity index (χ0n) is 6.46. The van der Waals surface area contributed by atoms with E-state index in [1.54, 1.807) is 6.07 Å². The summed E-state index contributed by atoms with van der Waals surface area (Å²) in [7, 11) is 0. The second-order valence-corrected chi connectivity index (χ2v) is 2.48. The molecule has 0 radical (unpaired) electrons. The Hall–Kier alpha value is -1.44. The maximum Gasteiger partial charge on any atom is 0.117 e. The van der Waals surface area contributed by atoms with Crippen LogP contribution in [0, 0.1) is 6.92 Å². The summed E-state index contributed by atoms with van der Waals surface area (Å²) < 4.78 is 0. The lowest BCUT2D eigenvalue weighted by Gasteiger charge is -2.05. The van der Waals surface area contributed by atoms with Crippen molar-refractivity contribution in [2.45, 2.75) is 6.92 Å². The molecule has 11 heavy (non-hydrogen) atoms. The van der Waals surface area contributed by atoms with Gasteiger partial charge in [-0.25, -0.2) is 0 Å². The van der Waals surface area contributed by atoms with Crippen LogP contribution in [0.1, 0.15) is 11.1 Å². The Kier molecular flexibility index (Phi) is 1.85. The summed E-state index contributed by atoms with van der Waals surface area (Å²) in [6.45, 7) is 5.29. The molecule has 0 atom stereocenters. The summed E-state index contributed by atoms with van der Waals surface area (Å²) in [5.41, 5.74) is 7.83. The second-order valence-electron chi connectivity index (χ2n) is 2.48. The maximum absolute atomic E-state index is 9.05. The number of aryl methyl sites for hydroxylation is 1. The molecule has 0 aliphatic carbocycles. The molecule has 0 saturated carbocycles. The number of nitrogens with two attached hydrogens (primary N) is 1. The van der Waals surface area contributed by atoms with E-state index >= 15 is 0 Å². The molecule has 0 unspecified atom stereocenters. The number of rotatable bonds is 1. The number of nitrogen functional groups attached to an aromatic ring is 1. The highest BCUT2D eigenvalue weighted by molar-refractivity contribution is 5.71. The lowest BCUT2D eigenvalue weighted by atomic mass is 10.1. The van der Waals surface area contributed by atoms with Crippen LogP contribution in [0.4, 0.5) is 5.69 Å². The fourth-order valence-corrected chi connectivity index (χ4v) is 0.932. The monoisotopic (exact) mass is 149 g/mol. The van der Waals surface area contributed by atoms with Crippen LogP contribution in [0.3, 0.4) is 0 Å². The van der Waals surface area contributed by atoms with Crippen molar-refractivity contribution in [3.63, 3.8) is 0 Å². The quantitative estimate of drug-likeness (QED) is 0.474. The van der Waals surface area contributed by atoms with E-state index in [9.17, 15) is 0 Å². The molecule has 3 N–H and O–H groups in total. The van der Waals surface area contributed by atoms with Crippen LogP contribution < -0.4 is 5.73 Å². The molecule has 0 heterocycles. The number of hydrogen-bond acceptors (Lipinski definition) is 2. The molecule has 2 heteroatoms. The standard InChI is InChI=1S/C9H11NO/c1-6-4-3-5-8(7(2)11)9(6)10/h3-5,11H,2,10H2,1H3. The van der Waals surface area contributed by atoms with Crippen molar-refractivity contribution in [1.29, 1.82) is 0 Å². The normalized spacial score (nSPS) is 9.55. The van der Waals surface area contributed by atoms with Gasteiger partial charge in [0, 0.05) is 11.3 Å². The predicted octanol–water partition coefficient (Wildman–Crippen LogP) is 2.11. The van der Waals surface area contributed by atoms with Gasteiger partial charge in [0.05, 0.1) is 0 Å². The molecule has 0 bridgehead atoms. The highest BCUT2D eigenvalue weighted by Gasteiger charge is 2.02. The first-order valence-electron chi connectivity index (χ1n) is 3.36. The molecule has 1 rings (SSSR count). The first-order valence-corrected chi connectivity index (χ1v) is 3.36. The zero-order chi connectivity index (χ0) is 8.43. The molecule has 0 spiro atoms. The summed E-state index contributed by atoms with van der Waals surface area (Å²) >= 11 is 0. The van der Waals surface area contributed by atoms with Crippen molar-refractivity contribution in [2.24, 2.45) is 0 Å². The van der Waals surface area contributed by atoms with Crippen LogP contribution >= 0.6 is 0 Å². The Morgan fingerprint density at radius 3 is 2.64 bits per heavy atom. The van der Waals surface area contributed by atoms with Gasteiger partial charge in [-0.3, -0.25) is 0 Å². The minimum Gasteiger partial charge on any atom is -0.508 e. The van der Waals surface area contributed by atoms with E-state index < -0.39 is 0 Å². The second kappa shape index (κ2) is 2.66. The average Bonchev–Trinajstić information content (AvgIpc) is 1.94. The van der Waals surface area contributed by atoms with Gasteiger partial charge < -0.3 is 10.8 Å². The van der Waals surface area contributed by atoms with Crippen molar-refractivity contribution >= 4 is 11.4 Å². The molecule has 0 aliphatic rings. The number of hydrogen-bond donors (Lipinski definition) is 2. The summed E-state index contributed by atoms with van der Waals surface area (Å²) in [6.07, 6.45) is 0. The van der Waals surface area contributed by atoms with Gasteiger partial charge in [-0.15, -0.1) is 0 Å². The van der Waals surface area contributed by atoms with Gasteiger partial charge in [0.25, 0.3) is 0 Å². The van der Waals surface area contributed by atoms with E-state index in [4.69, 9.17) is 10.8 Å². The van der Waals surface area contributed by atoms with Crippen molar-refractivity contribution in [1.82, 2.24) is 0 Å². The van der Waals surface area contributed by atoms with Gasteiger partial charge in [0.1, 0.15) is 5.76 Å². The van der Waals surface area contributed by atoms with Crippen LogP contribution in [-0.2, 0) is 0 Å². The Bertz CT molecular complexity index is 292. The number of benzene rings is 1. The van der Waals surface area contributed by atoms with Crippen molar-refractivity contribution < 1.29 is 5.11 Å². The molecular formula is C9H11NO. The summed E-state index contributed by atoms with van der Waals surface area (Å²) in [5, 5.41) is 9.05. The lowest BCUT2D eigenvalue weighted by molar-refractivity contribution is 0.514. The van der Waals surface area contributed by atoms with Gasteiger partial charge in [-0.1, -0.05) is 18.7 Å². The van der Waals surface area contributed by atoms with Crippen molar-refractivity contribution in [2.75, 3.05) is 5.73 Å². The lowest BCUT2D eigenvalue weighted by Crippen LogP contribution is -1.95. The molecule has 2 nitrogen and oxygen atoms in total. The van der Waals surface area contributed by atoms with Crippen LogP contribution in [-0.4, -0.2) is 5.11 Å². The molecule has 0 aliphatic heterocycles. The Morgan fingerprint density at radius 2 is 2.18 bits per heavy atom. The van der Waals surface area contributed by atoms with Gasteiger partial charge in [0.15, 0.2) is 0 Å². The number of aliphatic hydroxyl groups is 1. The molecule has 0 fully saturated rings. The van der Waals surface area contributed by atoms with E-state index in [0.29, 0.717) is 11.3 Å². The molecule has 0 amide bonds. The first-order chi connectivity index (χ1) is 5.13. The van der Waals surface area contributed by atoms with Crippen LogP contribution in [0.25, 0.3) is 5.76 Å². The predicted molar refractivity (Wildman–Crippen MR) is 47.3 cm³/mol. The first kappa shape index (κ1) is 7.66. The van der Waals surface area contributed by atoms with Crippen molar-refractivity contribution in [3.05, 3.63) is 35.9 Å². The number of anilines is 1. The Balaban J connectivity index is 3.27. The molecular weight excluding hydrogens is 138 g/mol. The maximum atomic E-state index is 9.05. The largest absolute Gasteiger partial charge is 0.508 e. The van der Waals surface area contributed by atoms with Crippen LogP contribution in [0.5, 0.6) is 0 Å². The molecule has 0 aromatic heterocycles. The molecule has 58 valence electrons. The molecule has 1 aromatic carbocycles. The fourth-order valence-electron chi connectivity index (χ4n) is 0.932.